The summed E-state index contributed by atoms with van der Waals surface area (Å²) in [6, 6.07) is 11.1. The molecule has 4 amide bonds. The van der Waals surface area contributed by atoms with E-state index >= 15 is 0 Å². The highest BCUT2D eigenvalue weighted by Crippen LogP contribution is 2.21. The van der Waals surface area contributed by atoms with Crippen molar-refractivity contribution >= 4 is 29.6 Å². The van der Waals surface area contributed by atoms with Crippen molar-refractivity contribution in [2.24, 2.45) is 0 Å². The number of carbonyl (C=O) groups is 3. The average molecular weight is 546 g/mol. The highest BCUT2D eigenvalue weighted by Gasteiger charge is 2.23. The molecule has 202 valence electrons. The molecule has 1 unspecified atom stereocenters. The van der Waals surface area contributed by atoms with E-state index in [2.05, 4.69) is 21.7 Å². The first-order chi connectivity index (χ1) is 18.1. The SMILES string of the molecule is CC(C)OC1CC=C(NNNC(=O)N(Cc2cccc(C(=O)O)c2)C(=O)NCc2ccc(Cl)cc2)C=C1F. The molecule has 0 heterocycles. The van der Waals surface area contributed by atoms with Gasteiger partial charge in [0.1, 0.15) is 11.9 Å². The summed E-state index contributed by atoms with van der Waals surface area (Å²) in [6.45, 7) is 3.54. The second-order valence-electron chi connectivity index (χ2n) is 8.65. The van der Waals surface area contributed by atoms with Crippen LogP contribution < -0.4 is 21.7 Å². The van der Waals surface area contributed by atoms with E-state index in [9.17, 15) is 23.9 Å². The molecule has 12 heteroatoms. The maximum absolute atomic E-state index is 14.3. The van der Waals surface area contributed by atoms with Gasteiger partial charge < -0.3 is 20.6 Å². The van der Waals surface area contributed by atoms with Gasteiger partial charge in [0.2, 0.25) is 0 Å². The van der Waals surface area contributed by atoms with Crippen LogP contribution in [-0.2, 0) is 17.8 Å². The summed E-state index contributed by atoms with van der Waals surface area (Å²) in [5, 5.41) is 12.5. The van der Waals surface area contributed by atoms with Crippen LogP contribution in [0.25, 0.3) is 0 Å². The van der Waals surface area contributed by atoms with Gasteiger partial charge in [-0.25, -0.2) is 23.7 Å². The molecule has 5 N–H and O–H groups in total. The predicted octanol–water partition coefficient (Wildman–Crippen LogP) is 4.40. The molecule has 0 saturated carbocycles. The number of ether oxygens (including phenoxy) is 1. The van der Waals surface area contributed by atoms with Crippen molar-refractivity contribution in [1.82, 2.24) is 26.6 Å². The number of allylic oxidation sites excluding steroid dienone is 1. The first-order valence-corrected chi connectivity index (χ1v) is 12.2. The molecule has 0 radical (unpaired) electrons. The number of hydrogen-bond acceptors (Lipinski definition) is 6. The minimum absolute atomic E-state index is 0.0158. The number of carboxylic acid groups (broad SMARTS) is 1. The number of hydrazine groups is 2. The van der Waals surface area contributed by atoms with Gasteiger partial charge >= 0.3 is 18.0 Å². The van der Waals surface area contributed by atoms with Gasteiger partial charge in [-0.05, 0) is 55.3 Å². The number of hydrogen-bond donors (Lipinski definition) is 5. The Morgan fingerprint density at radius 2 is 1.87 bits per heavy atom. The highest BCUT2D eigenvalue weighted by atomic mass is 35.5. The minimum Gasteiger partial charge on any atom is -0.478 e. The Labute approximate surface area is 224 Å². The van der Waals surface area contributed by atoms with E-state index in [1.165, 1.54) is 24.3 Å². The molecule has 3 rings (SSSR count). The zero-order valence-electron chi connectivity index (χ0n) is 20.8. The fourth-order valence-electron chi connectivity index (χ4n) is 3.50. The van der Waals surface area contributed by atoms with Crippen LogP contribution in [0, 0.1) is 0 Å². The first kappa shape index (κ1) is 28.6. The number of urea groups is 2. The normalized spacial score (nSPS) is 14.8. The van der Waals surface area contributed by atoms with Crippen molar-refractivity contribution in [3.63, 3.8) is 0 Å². The number of halogens is 2. The molecule has 1 aliphatic carbocycles. The quantitative estimate of drug-likeness (QED) is 0.279. The van der Waals surface area contributed by atoms with Gasteiger partial charge in [0.05, 0.1) is 18.2 Å². The summed E-state index contributed by atoms with van der Waals surface area (Å²) in [6.07, 6.45) is 2.44. The Bertz CT molecular complexity index is 1220. The Balaban J connectivity index is 1.64. The van der Waals surface area contributed by atoms with Crippen molar-refractivity contribution in [1.29, 1.82) is 0 Å². The van der Waals surface area contributed by atoms with Crippen molar-refractivity contribution in [2.45, 2.75) is 45.6 Å². The van der Waals surface area contributed by atoms with E-state index in [0.717, 1.165) is 10.5 Å². The fraction of sp³-hybridized carbons (Fsp3) is 0.269. The number of amides is 4. The van der Waals surface area contributed by atoms with Gasteiger partial charge in [0.15, 0.2) is 0 Å². The molecule has 1 aliphatic rings. The molecule has 0 saturated heterocycles. The monoisotopic (exact) mass is 545 g/mol. The Morgan fingerprint density at radius 1 is 1.13 bits per heavy atom. The average Bonchev–Trinajstić information content (AvgIpc) is 2.88. The van der Waals surface area contributed by atoms with Crippen molar-refractivity contribution in [3.05, 3.63) is 93.9 Å². The lowest BCUT2D eigenvalue weighted by atomic mass is 10.1. The van der Waals surface area contributed by atoms with Crippen LogP contribution in [0.5, 0.6) is 0 Å². The number of nitrogens with zero attached hydrogens (tertiary/aromatic N) is 1. The van der Waals surface area contributed by atoms with Gasteiger partial charge in [-0.15, -0.1) is 5.53 Å². The Hall–Kier alpha value is -3.93. The summed E-state index contributed by atoms with van der Waals surface area (Å²) in [7, 11) is 0. The number of nitrogens with one attached hydrogen (secondary N) is 4. The topological polar surface area (TPSA) is 132 Å². The summed E-state index contributed by atoms with van der Waals surface area (Å²) in [4.78, 5) is 38.1. The highest BCUT2D eigenvalue weighted by molar-refractivity contribution is 6.30. The first-order valence-electron chi connectivity index (χ1n) is 11.8. The van der Waals surface area contributed by atoms with Gasteiger partial charge in [-0.2, -0.15) is 0 Å². The van der Waals surface area contributed by atoms with Crippen LogP contribution in [-0.4, -0.2) is 40.2 Å². The van der Waals surface area contributed by atoms with Gasteiger partial charge in [0, 0.05) is 23.7 Å². The van der Waals surface area contributed by atoms with Crippen LogP contribution in [0.15, 0.2) is 72.2 Å². The molecule has 0 spiro atoms. The third-order valence-corrected chi connectivity index (χ3v) is 5.58. The van der Waals surface area contributed by atoms with Gasteiger partial charge in [-0.1, -0.05) is 41.9 Å². The second-order valence-corrected chi connectivity index (χ2v) is 9.09. The molecule has 2 aromatic rings. The molecule has 0 aliphatic heterocycles. The van der Waals surface area contributed by atoms with E-state index < -0.39 is 30.0 Å². The number of aromatic carboxylic acids is 1. The van der Waals surface area contributed by atoms with E-state index in [1.54, 1.807) is 36.4 Å². The summed E-state index contributed by atoms with van der Waals surface area (Å²) in [5.74, 6) is -1.60. The standard InChI is InChI=1S/C26H29ClFN5O5/c1-16(2)38-23-11-10-21(13-22(23)28)30-32-31-26(37)33(15-18-4-3-5-19(12-18)24(34)35)25(36)29-14-17-6-8-20(27)9-7-17/h3-10,12-13,16,23,30,32H,11,14-15H2,1-2H3,(H,29,36)(H,31,37)(H,34,35). The summed E-state index contributed by atoms with van der Waals surface area (Å²) >= 11 is 5.89. The third-order valence-electron chi connectivity index (χ3n) is 5.33. The van der Waals surface area contributed by atoms with Crippen molar-refractivity contribution in [3.8, 4) is 0 Å². The van der Waals surface area contributed by atoms with E-state index in [4.69, 9.17) is 16.3 Å². The lowest BCUT2D eigenvalue weighted by molar-refractivity contribution is 0.0177. The number of rotatable bonds is 10. The zero-order chi connectivity index (χ0) is 27.7. The molecule has 10 nitrogen and oxygen atoms in total. The van der Waals surface area contributed by atoms with Crippen molar-refractivity contribution < 1.29 is 28.6 Å². The van der Waals surface area contributed by atoms with Crippen molar-refractivity contribution in [2.75, 3.05) is 0 Å². The third kappa shape index (κ3) is 8.58. The second kappa shape index (κ2) is 13.6. The number of benzene rings is 2. The maximum atomic E-state index is 14.3. The number of carboxylic acids is 1. The maximum Gasteiger partial charge on any atom is 0.341 e. The molecular formula is C26H29ClFN5O5. The zero-order valence-corrected chi connectivity index (χ0v) is 21.6. The smallest absolute Gasteiger partial charge is 0.341 e. The Kier molecular flexibility index (Phi) is 10.2. The van der Waals surface area contributed by atoms with Crippen LogP contribution in [0.4, 0.5) is 14.0 Å². The lowest BCUT2D eigenvalue weighted by Crippen LogP contribution is -2.54. The van der Waals surface area contributed by atoms with Gasteiger partial charge in [-0.3, -0.25) is 5.43 Å². The van der Waals surface area contributed by atoms with Crippen LogP contribution >= 0.6 is 11.6 Å². The Morgan fingerprint density at radius 3 is 2.53 bits per heavy atom. The minimum atomic E-state index is -1.14. The molecule has 1 atom stereocenters. The number of imide groups is 1. The number of carbonyl (C=O) groups excluding carboxylic acids is 2. The van der Waals surface area contributed by atoms with Crippen LogP contribution in [0.2, 0.25) is 5.02 Å². The largest absolute Gasteiger partial charge is 0.478 e. The van der Waals surface area contributed by atoms with E-state index in [-0.39, 0.29) is 24.8 Å². The molecule has 0 aromatic heterocycles. The van der Waals surface area contributed by atoms with E-state index in [0.29, 0.717) is 22.7 Å². The predicted molar refractivity (Wildman–Crippen MR) is 139 cm³/mol. The molecule has 0 bridgehead atoms. The van der Waals surface area contributed by atoms with Crippen LogP contribution in [0.1, 0.15) is 41.8 Å². The molecule has 38 heavy (non-hydrogen) atoms. The lowest BCUT2D eigenvalue weighted by Gasteiger charge is -2.24. The van der Waals surface area contributed by atoms with Crippen LogP contribution in [0.3, 0.4) is 0 Å². The fourth-order valence-corrected chi connectivity index (χ4v) is 3.63. The molecular weight excluding hydrogens is 517 g/mol. The summed E-state index contributed by atoms with van der Waals surface area (Å²) < 4.78 is 19.8. The molecule has 2 aromatic carbocycles. The summed E-state index contributed by atoms with van der Waals surface area (Å²) in [5.41, 5.74) is 9.02. The van der Waals surface area contributed by atoms with Gasteiger partial charge in [0.25, 0.3) is 0 Å². The van der Waals surface area contributed by atoms with E-state index in [1.807, 2.05) is 13.8 Å². The molecule has 0 fully saturated rings.